The predicted molar refractivity (Wildman–Crippen MR) is 113 cm³/mol. The molecular weight excluding hydrogens is 370 g/mol. The number of hydrogen-bond acceptors (Lipinski definition) is 3. The molecule has 1 saturated heterocycles. The molecule has 5 nitrogen and oxygen atoms in total. The van der Waals surface area contributed by atoms with Crippen molar-refractivity contribution in [2.45, 2.75) is 32.1 Å². The Morgan fingerprint density at radius 1 is 0.964 bits per heavy atom. The number of likely N-dealkylation sites (tertiary alicyclic amines) is 1. The molecule has 4 rings (SSSR count). The van der Waals surface area contributed by atoms with E-state index in [9.17, 15) is 9.59 Å². The molecule has 1 fully saturated rings. The maximum absolute atomic E-state index is 12.9. The van der Waals surface area contributed by atoms with Gasteiger partial charge in [-0.2, -0.15) is 0 Å². The number of nitrogens with one attached hydrogen (secondary N) is 1. The van der Waals surface area contributed by atoms with Crippen molar-refractivity contribution in [1.29, 1.82) is 0 Å². The number of aromatic amines is 1. The Hall–Kier alpha value is -2.73. The van der Waals surface area contributed by atoms with Crippen LogP contribution < -0.4 is 5.56 Å². The number of rotatable bonds is 3. The smallest absolute Gasteiger partial charge is 0.266 e. The van der Waals surface area contributed by atoms with E-state index in [1.165, 1.54) is 17.4 Å². The normalized spacial score (nSPS) is 14.8. The SMILES string of the molecule is O=C(Cc1ccc(-n2c(=S)[nH]c3ccccc3c2=O)cc1)N1CCCCCC1. The number of para-hydroxylation sites is 1. The lowest BCUT2D eigenvalue weighted by Crippen LogP contribution is -2.33. The van der Waals surface area contributed by atoms with Crippen molar-refractivity contribution in [2.75, 3.05) is 13.1 Å². The van der Waals surface area contributed by atoms with Crippen LogP contribution in [0.4, 0.5) is 0 Å². The van der Waals surface area contributed by atoms with Crippen LogP contribution in [0.5, 0.6) is 0 Å². The fourth-order valence-corrected chi connectivity index (χ4v) is 4.06. The summed E-state index contributed by atoms with van der Waals surface area (Å²) in [6, 6.07) is 14.8. The van der Waals surface area contributed by atoms with E-state index in [-0.39, 0.29) is 11.5 Å². The van der Waals surface area contributed by atoms with Crippen molar-refractivity contribution < 1.29 is 4.79 Å². The maximum Gasteiger partial charge on any atom is 0.266 e. The first-order valence-electron chi connectivity index (χ1n) is 9.75. The van der Waals surface area contributed by atoms with Gasteiger partial charge in [-0.3, -0.25) is 14.2 Å². The molecule has 6 heteroatoms. The first-order chi connectivity index (χ1) is 13.6. The van der Waals surface area contributed by atoms with Gasteiger partial charge in [0.05, 0.1) is 23.0 Å². The van der Waals surface area contributed by atoms with Crippen molar-refractivity contribution in [3.63, 3.8) is 0 Å². The molecule has 1 N–H and O–H groups in total. The number of amides is 1. The first-order valence-corrected chi connectivity index (χ1v) is 10.2. The summed E-state index contributed by atoms with van der Waals surface area (Å²) in [5.74, 6) is 0.176. The van der Waals surface area contributed by atoms with Crippen LogP contribution in [-0.2, 0) is 11.2 Å². The zero-order chi connectivity index (χ0) is 19.5. The van der Waals surface area contributed by atoms with E-state index in [1.54, 1.807) is 6.07 Å². The van der Waals surface area contributed by atoms with E-state index in [0.717, 1.165) is 37.0 Å². The number of carbonyl (C=O) groups excluding carboxylic acids is 1. The minimum absolute atomic E-state index is 0.146. The third-order valence-corrected chi connectivity index (χ3v) is 5.60. The molecule has 1 aliphatic heterocycles. The summed E-state index contributed by atoms with van der Waals surface area (Å²) in [6.45, 7) is 1.72. The van der Waals surface area contributed by atoms with Crippen molar-refractivity contribution in [3.8, 4) is 5.69 Å². The summed E-state index contributed by atoms with van der Waals surface area (Å²) >= 11 is 5.40. The Kier molecular flexibility index (Phi) is 5.39. The summed E-state index contributed by atoms with van der Waals surface area (Å²) < 4.78 is 1.86. The number of hydrogen-bond donors (Lipinski definition) is 1. The molecular formula is C22H23N3O2S. The van der Waals surface area contributed by atoms with Crippen LogP contribution in [0, 0.1) is 4.77 Å². The monoisotopic (exact) mass is 393 g/mol. The molecule has 0 atom stereocenters. The zero-order valence-electron chi connectivity index (χ0n) is 15.7. The molecule has 0 spiro atoms. The van der Waals surface area contributed by atoms with Crippen LogP contribution in [0.2, 0.25) is 0 Å². The van der Waals surface area contributed by atoms with Gasteiger partial charge in [-0.1, -0.05) is 37.1 Å². The highest BCUT2D eigenvalue weighted by molar-refractivity contribution is 7.71. The van der Waals surface area contributed by atoms with Gasteiger partial charge in [-0.25, -0.2) is 0 Å². The number of nitrogens with zero attached hydrogens (tertiary/aromatic N) is 2. The second-order valence-corrected chi connectivity index (χ2v) is 7.64. The van der Waals surface area contributed by atoms with Crippen LogP contribution in [0.15, 0.2) is 53.3 Å². The Balaban J connectivity index is 1.58. The Morgan fingerprint density at radius 2 is 1.64 bits per heavy atom. The number of aromatic nitrogens is 2. The van der Waals surface area contributed by atoms with Gasteiger partial charge in [0, 0.05) is 13.1 Å². The fourth-order valence-electron chi connectivity index (χ4n) is 3.77. The maximum atomic E-state index is 12.9. The van der Waals surface area contributed by atoms with E-state index in [1.807, 2.05) is 47.4 Å². The average molecular weight is 394 g/mol. The molecule has 3 aromatic rings. The molecule has 0 aliphatic carbocycles. The Labute approximate surface area is 168 Å². The molecule has 1 aromatic heterocycles. The largest absolute Gasteiger partial charge is 0.342 e. The molecule has 2 heterocycles. The minimum Gasteiger partial charge on any atom is -0.342 e. The van der Waals surface area contributed by atoms with Crippen LogP contribution in [-0.4, -0.2) is 33.4 Å². The van der Waals surface area contributed by atoms with Crippen molar-refractivity contribution in [3.05, 3.63) is 69.2 Å². The summed E-state index contributed by atoms with van der Waals surface area (Å²) in [5, 5.41) is 0.594. The van der Waals surface area contributed by atoms with Crippen LogP contribution in [0.25, 0.3) is 16.6 Å². The van der Waals surface area contributed by atoms with Crippen molar-refractivity contribution >= 4 is 29.0 Å². The zero-order valence-corrected chi connectivity index (χ0v) is 16.5. The Bertz CT molecular complexity index is 1110. The summed E-state index contributed by atoms with van der Waals surface area (Å²) in [5.41, 5.74) is 2.23. The number of carbonyl (C=O) groups is 1. The fraction of sp³-hybridized carbons (Fsp3) is 0.318. The van der Waals surface area contributed by atoms with Crippen LogP contribution in [0.1, 0.15) is 31.2 Å². The minimum atomic E-state index is -0.146. The molecule has 28 heavy (non-hydrogen) atoms. The summed E-state index contributed by atoms with van der Waals surface area (Å²) in [7, 11) is 0. The lowest BCUT2D eigenvalue weighted by Gasteiger charge is -2.20. The van der Waals surface area contributed by atoms with Crippen LogP contribution in [0.3, 0.4) is 0 Å². The van der Waals surface area contributed by atoms with Gasteiger partial charge in [0.25, 0.3) is 5.56 Å². The lowest BCUT2D eigenvalue weighted by atomic mass is 10.1. The number of benzene rings is 2. The molecule has 144 valence electrons. The number of H-pyrrole nitrogens is 1. The third kappa shape index (κ3) is 3.78. The van der Waals surface area contributed by atoms with Gasteiger partial charge >= 0.3 is 0 Å². The molecule has 1 aliphatic rings. The predicted octanol–water partition coefficient (Wildman–Crippen LogP) is 3.99. The topological polar surface area (TPSA) is 58.1 Å². The first kappa shape index (κ1) is 18.6. The van der Waals surface area contributed by atoms with Gasteiger partial charge < -0.3 is 9.88 Å². The molecule has 2 aromatic carbocycles. The molecule has 0 saturated carbocycles. The quantitative estimate of drug-likeness (QED) is 0.685. The summed E-state index contributed by atoms with van der Waals surface area (Å²) in [4.78, 5) is 30.5. The van der Waals surface area contributed by atoms with Gasteiger partial charge in [-0.15, -0.1) is 0 Å². The summed E-state index contributed by atoms with van der Waals surface area (Å²) in [6.07, 6.45) is 4.99. The van der Waals surface area contributed by atoms with E-state index in [4.69, 9.17) is 12.2 Å². The highest BCUT2D eigenvalue weighted by atomic mass is 32.1. The van der Waals surface area contributed by atoms with Gasteiger partial charge in [-0.05, 0) is 54.9 Å². The van der Waals surface area contributed by atoms with Gasteiger partial charge in [0.1, 0.15) is 0 Å². The van der Waals surface area contributed by atoms with E-state index in [0.29, 0.717) is 22.3 Å². The van der Waals surface area contributed by atoms with Gasteiger partial charge in [0.15, 0.2) is 4.77 Å². The van der Waals surface area contributed by atoms with E-state index < -0.39 is 0 Å². The second kappa shape index (κ2) is 8.10. The van der Waals surface area contributed by atoms with E-state index in [2.05, 4.69) is 4.98 Å². The second-order valence-electron chi connectivity index (χ2n) is 7.25. The van der Waals surface area contributed by atoms with Crippen molar-refractivity contribution in [1.82, 2.24) is 14.5 Å². The van der Waals surface area contributed by atoms with Crippen molar-refractivity contribution in [2.24, 2.45) is 0 Å². The highest BCUT2D eigenvalue weighted by Gasteiger charge is 2.16. The standard InChI is InChI=1S/C22H23N3O2S/c26-20(24-13-5-1-2-6-14-24)15-16-9-11-17(12-10-16)25-21(27)18-7-3-4-8-19(18)23-22(25)28/h3-4,7-12H,1-2,5-6,13-15H2,(H,23,28). The van der Waals surface area contributed by atoms with Gasteiger partial charge in [0.2, 0.25) is 5.91 Å². The van der Waals surface area contributed by atoms with Crippen LogP contribution >= 0.6 is 12.2 Å². The number of fused-ring (bicyclic) bond motifs is 1. The third-order valence-electron chi connectivity index (χ3n) is 5.31. The van der Waals surface area contributed by atoms with E-state index >= 15 is 0 Å². The highest BCUT2D eigenvalue weighted by Crippen LogP contribution is 2.15. The molecule has 0 unspecified atom stereocenters. The average Bonchev–Trinajstić information content (AvgIpc) is 2.99. The molecule has 0 bridgehead atoms. The molecule has 0 radical (unpaired) electrons. The lowest BCUT2D eigenvalue weighted by molar-refractivity contribution is -0.130. The Morgan fingerprint density at radius 3 is 2.36 bits per heavy atom. The molecule has 1 amide bonds.